The Bertz CT molecular complexity index is 916. The van der Waals surface area contributed by atoms with Crippen LogP contribution in [0.3, 0.4) is 0 Å². The Morgan fingerprint density at radius 1 is 1.12 bits per heavy atom. The van der Waals surface area contributed by atoms with Gasteiger partial charge in [-0.25, -0.2) is 18.4 Å². The standard InChI is InChI=1S/C18H22N4O3S/c1-11-6-12(2)16(13(3)7-11)22-17(23)14-8-19-18(20-9-14)21-15-4-5-26(24,25)10-15/h6-9,15H,4-5,10H2,1-3H3,(H,22,23)(H,19,20,21). The van der Waals surface area contributed by atoms with Crippen molar-refractivity contribution in [1.29, 1.82) is 0 Å². The quantitative estimate of drug-likeness (QED) is 0.851. The monoisotopic (exact) mass is 374 g/mol. The molecule has 1 aromatic carbocycles. The van der Waals surface area contributed by atoms with E-state index in [1.54, 1.807) is 0 Å². The Balaban J connectivity index is 1.68. The maximum Gasteiger partial charge on any atom is 0.258 e. The van der Waals surface area contributed by atoms with E-state index in [2.05, 4.69) is 20.6 Å². The summed E-state index contributed by atoms with van der Waals surface area (Å²) in [5.41, 5.74) is 4.27. The summed E-state index contributed by atoms with van der Waals surface area (Å²) in [5.74, 6) is 0.312. The van der Waals surface area contributed by atoms with Gasteiger partial charge in [0.05, 0.1) is 17.1 Å². The van der Waals surface area contributed by atoms with Crippen LogP contribution in [0.2, 0.25) is 0 Å². The molecule has 0 bridgehead atoms. The fourth-order valence-electron chi connectivity index (χ4n) is 3.17. The molecule has 1 aliphatic heterocycles. The van der Waals surface area contributed by atoms with Gasteiger partial charge in [-0.15, -0.1) is 0 Å². The van der Waals surface area contributed by atoms with E-state index < -0.39 is 9.84 Å². The van der Waals surface area contributed by atoms with E-state index in [9.17, 15) is 13.2 Å². The van der Waals surface area contributed by atoms with Gasteiger partial charge in [0.2, 0.25) is 5.95 Å². The van der Waals surface area contributed by atoms with Gasteiger partial charge in [0.15, 0.2) is 9.84 Å². The minimum atomic E-state index is -2.97. The summed E-state index contributed by atoms with van der Waals surface area (Å²) in [6, 6.07) is 3.85. The number of sulfone groups is 1. The molecule has 1 fully saturated rings. The number of nitrogens with one attached hydrogen (secondary N) is 2. The Kier molecular flexibility index (Phi) is 4.95. The molecule has 1 saturated heterocycles. The van der Waals surface area contributed by atoms with Crippen molar-refractivity contribution in [3.63, 3.8) is 0 Å². The largest absolute Gasteiger partial charge is 0.350 e. The minimum Gasteiger partial charge on any atom is -0.350 e. The van der Waals surface area contributed by atoms with Gasteiger partial charge >= 0.3 is 0 Å². The van der Waals surface area contributed by atoms with Crippen molar-refractivity contribution in [2.75, 3.05) is 22.1 Å². The molecule has 7 nitrogen and oxygen atoms in total. The number of aromatic nitrogens is 2. The van der Waals surface area contributed by atoms with Gasteiger partial charge in [-0.05, 0) is 38.3 Å². The van der Waals surface area contributed by atoms with Crippen LogP contribution in [-0.4, -0.2) is 41.8 Å². The fourth-order valence-corrected chi connectivity index (χ4v) is 4.85. The molecule has 8 heteroatoms. The van der Waals surface area contributed by atoms with Crippen molar-refractivity contribution in [2.45, 2.75) is 33.2 Å². The summed E-state index contributed by atoms with van der Waals surface area (Å²) >= 11 is 0. The number of carbonyl (C=O) groups is 1. The third-order valence-electron chi connectivity index (χ3n) is 4.40. The maximum atomic E-state index is 12.5. The Morgan fingerprint density at radius 2 is 1.73 bits per heavy atom. The van der Waals surface area contributed by atoms with Crippen LogP contribution >= 0.6 is 0 Å². The number of carbonyl (C=O) groups excluding carboxylic acids is 1. The molecule has 0 saturated carbocycles. The molecule has 1 unspecified atom stereocenters. The van der Waals surface area contributed by atoms with Crippen molar-refractivity contribution >= 4 is 27.4 Å². The second kappa shape index (κ2) is 7.03. The summed E-state index contributed by atoms with van der Waals surface area (Å²) < 4.78 is 23.0. The van der Waals surface area contributed by atoms with Crippen LogP contribution in [0.25, 0.3) is 0 Å². The van der Waals surface area contributed by atoms with Crippen LogP contribution in [0.15, 0.2) is 24.5 Å². The highest BCUT2D eigenvalue weighted by molar-refractivity contribution is 7.91. The predicted molar refractivity (Wildman–Crippen MR) is 101 cm³/mol. The van der Waals surface area contributed by atoms with E-state index in [0.29, 0.717) is 17.9 Å². The third-order valence-corrected chi connectivity index (χ3v) is 6.16. The van der Waals surface area contributed by atoms with E-state index in [4.69, 9.17) is 0 Å². The number of rotatable bonds is 4. The summed E-state index contributed by atoms with van der Waals surface area (Å²) in [7, 11) is -2.97. The fraction of sp³-hybridized carbons (Fsp3) is 0.389. The minimum absolute atomic E-state index is 0.0879. The first-order chi connectivity index (χ1) is 12.2. The second-order valence-corrected chi connectivity index (χ2v) is 9.00. The van der Waals surface area contributed by atoms with Crippen LogP contribution in [0.5, 0.6) is 0 Å². The molecule has 1 amide bonds. The van der Waals surface area contributed by atoms with Gasteiger partial charge < -0.3 is 10.6 Å². The van der Waals surface area contributed by atoms with Gasteiger partial charge in [-0.1, -0.05) is 17.7 Å². The zero-order valence-electron chi connectivity index (χ0n) is 15.0. The van der Waals surface area contributed by atoms with Crippen molar-refractivity contribution in [1.82, 2.24) is 9.97 Å². The lowest BCUT2D eigenvalue weighted by molar-refractivity contribution is 0.102. The molecule has 0 aliphatic carbocycles. The number of nitrogens with zero attached hydrogens (tertiary/aromatic N) is 2. The van der Waals surface area contributed by atoms with Gasteiger partial charge in [0, 0.05) is 24.1 Å². The topological polar surface area (TPSA) is 101 Å². The van der Waals surface area contributed by atoms with E-state index >= 15 is 0 Å². The molecule has 2 N–H and O–H groups in total. The smallest absolute Gasteiger partial charge is 0.258 e. The highest BCUT2D eigenvalue weighted by atomic mass is 32.2. The predicted octanol–water partition coefficient (Wildman–Crippen LogP) is 2.25. The van der Waals surface area contributed by atoms with Gasteiger partial charge in [0.1, 0.15) is 0 Å². The zero-order chi connectivity index (χ0) is 18.9. The van der Waals surface area contributed by atoms with E-state index in [1.807, 2.05) is 32.9 Å². The van der Waals surface area contributed by atoms with Crippen LogP contribution in [-0.2, 0) is 9.84 Å². The molecule has 2 heterocycles. The van der Waals surface area contributed by atoms with Crippen molar-refractivity contribution < 1.29 is 13.2 Å². The molecular formula is C18H22N4O3S. The number of aryl methyl sites for hydroxylation is 3. The van der Waals surface area contributed by atoms with Crippen molar-refractivity contribution in [3.05, 3.63) is 46.8 Å². The van der Waals surface area contributed by atoms with Gasteiger partial charge in [0.25, 0.3) is 5.91 Å². The molecule has 1 atom stereocenters. The van der Waals surface area contributed by atoms with Crippen LogP contribution in [0.4, 0.5) is 11.6 Å². The summed E-state index contributed by atoms with van der Waals surface area (Å²) in [5, 5.41) is 5.91. The Morgan fingerprint density at radius 3 is 2.27 bits per heavy atom. The Hall–Kier alpha value is -2.48. The van der Waals surface area contributed by atoms with Crippen molar-refractivity contribution in [2.24, 2.45) is 0 Å². The number of hydrogen-bond donors (Lipinski definition) is 2. The lowest BCUT2D eigenvalue weighted by atomic mass is 10.0. The summed E-state index contributed by atoms with van der Waals surface area (Å²) in [6.07, 6.45) is 3.42. The number of anilines is 2. The average molecular weight is 374 g/mol. The molecule has 138 valence electrons. The Labute approximate surface area is 153 Å². The SMILES string of the molecule is Cc1cc(C)c(NC(=O)c2cnc(NC3CCS(=O)(=O)C3)nc2)c(C)c1. The number of hydrogen-bond acceptors (Lipinski definition) is 6. The van der Waals surface area contributed by atoms with E-state index in [-0.39, 0.29) is 23.5 Å². The lowest BCUT2D eigenvalue weighted by Gasteiger charge is -2.13. The maximum absolute atomic E-state index is 12.5. The van der Waals surface area contributed by atoms with Crippen LogP contribution in [0, 0.1) is 20.8 Å². The summed E-state index contributed by atoms with van der Waals surface area (Å²) in [6.45, 7) is 5.92. The zero-order valence-corrected chi connectivity index (χ0v) is 15.9. The number of benzene rings is 1. The molecule has 1 aliphatic rings. The van der Waals surface area contributed by atoms with E-state index in [1.165, 1.54) is 12.4 Å². The molecular weight excluding hydrogens is 352 g/mol. The van der Waals surface area contributed by atoms with Gasteiger partial charge in [-0.3, -0.25) is 4.79 Å². The molecule has 0 radical (unpaired) electrons. The highest BCUT2D eigenvalue weighted by Gasteiger charge is 2.28. The third kappa shape index (κ3) is 4.19. The van der Waals surface area contributed by atoms with Gasteiger partial charge in [-0.2, -0.15) is 0 Å². The molecule has 2 aromatic rings. The molecule has 1 aromatic heterocycles. The normalized spacial score (nSPS) is 18.5. The lowest BCUT2D eigenvalue weighted by Crippen LogP contribution is -2.22. The first kappa shape index (κ1) is 18.3. The van der Waals surface area contributed by atoms with Crippen molar-refractivity contribution in [3.8, 4) is 0 Å². The first-order valence-corrected chi connectivity index (χ1v) is 10.2. The van der Waals surface area contributed by atoms with E-state index in [0.717, 1.165) is 22.4 Å². The number of amides is 1. The average Bonchev–Trinajstić information content (AvgIpc) is 2.90. The van der Waals surface area contributed by atoms with Crippen LogP contribution in [0.1, 0.15) is 33.5 Å². The molecule has 26 heavy (non-hydrogen) atoms. The molecule has 0 spiro atoms. The highest BCUT2D eigenvalue weighted by Crippen LogP contribution is 2.22. The van der Waals surface area contributed by atoms with Crippen LogP contribution < -0.4 is 10.6 Å². The molecule has 3 rings (SSSR count). The second-order valence-electron chi connectivity index (χ2n) is 6.77. The summed E-state index contributed by atoms with van der Waals surface area (Å²) in [4.78, 5) is 20.7. The first-order valence-electron chi connectivity index (χ1n) is 8.42.